The normalized spacial score (nSPS) is 23.2. The van der Waals surface area contributed by atoms with Gasteiger partial charge in [-0.2, -0.15) is 0 Å². The Bertz CT molecular complexity index is 522. The van der Waals surface area contributed by atoms with Gasteiger partial charge in [0.15, 0.2) is 11.6 Å². The van der Waals surface area contributed by atoms with Gasteiger partial charge in [-0.15, -0.1) is 0 Å². The number of benzene rings is 1. The molecule has 1 aromatic carbocycles. The molecule has 1 aliphatic heterocycles. The van der Waals surface area contributed by atoms with Crippen molar-refractivity contribution in [3.8, 4) is 0 Å². The summed E-state index contributed by atoms with van der Waals surface area (Å²) >= 11 is 0. The lowest BCUT2D eigenvalue weighted by molar-refractivity contribution is -0.121. The fraction of sp³-hybridized carbons (Fsp3) is 0.500. The van der Waals surface area contributed by atoms with Crippen molar-refractivity contribution in [2.45, 2.75) is 37.8 Å². The van der Waals surface area contributed by atoms with Crippen molar-refractivity contribution in [1.29, 1.82) is 0 Å². The predicted octanol–water partition coefficient (Wildman–Crippen LogP) is 2.35. The van der Waals surface area contributed by atoms with Crippen LogP contribution in [0.15, 0.2) is 12.1 Å². The summed E-state index contributed by atoms with van der Waals surface area (Å²) in [5.74, 6) is -3.40. The second-order valence-corrected chi connectivity index (χ2v) is 5.34. The van der Waals surface area contributed by atoms with Crippen LogP contribution in [0.5, 0.6) is 0 Å². The van der Waals surface area contributed by atoms with Crippen LogP contribution in [-0.4, -0.2) is 24.5 Å². The van der Waals surface area contributed by atoms with Crippen LogP contribution in [0.1, 0.15) is 25.7 Å². The molecule has 1 unspecified atom stereocenters. The first-order valence-electron chi connectivity index (χ1n) is 6.78. The summed E-state index contributed by atoms with van der Waals surface area (Å²) in [5, 5.41) is 3.18. The van der Waals surface area contributed by atoms with Gasteiger partial charge in [0, 0.05) is 24.7 Å². The van der Waals surface area contributed by atoms with Crippen LogP contribution in [0.25, 0.3) is 0 Å². The second-order valence-electron chi connectivity index (χ2n) is 5.34. The highest BCUT2D eigenvalue weighted by Crippen LogP contribution is 2.29. The highest BCUT2D eigenvalue weighted by Gasteiger charge is 2.35. The first kappa shape index (κ1) is 13.4. The number of halogens is 3. The van der Waals surface area contributed by atoms with Gasteiger partial charge in [0.05, 0.1) is 6.04 Å². The Labute approximate surface area is 114 Å². The molecule has 1 atom stereocenters. The summed E-state index contributed by atoms with van der Waals surface area (Å²) in [4.78, 5) is 13.4. The van der Waals surface area contributed by atoms with E-state index in [-0.39, 0.29) is 12.5 Å². The first-order valence-corrected chi connectivity index (χ1v) is 6.78. The molecule has 0 radical (unpaired) electrons. The summed E-state index contributed by atoms with van der Waals surface area (Å²) in [6.07, 6.45) is 3.38. The van der Waals surface area contributed by atoms with Crippen LogP contribution in [0.3, 0.4) is 0 Å². The summed E-state index contributed by atoms with van der Waals surface area (Å²) in [7, 11) is 0. The number of anilines is 1. The number of carbonyl (C=O) groups excluding carboxylic acids is 1. The second kappa shape index (κ2) is 5.09. The average Bonchev–Trinajstić information content (AvgIpc) is 3.16. The Kier molecular flexibility index (Phi) is 3.41. The van der Waals surface area contributed by atoms with Gasteiger partial charge in [0.25, 0.3) is 0 Å². The number of rotatable bonds is 3. The van der Waals surface area contributed by atoms with Crippen molar-refractivity contribution in [2.24, 2.45) is 0 Å². The molecule has 1 N–H and O–H groups in total. The number of amides is 1. The van der Waals surface area contributed by atoms with E-state index in [1.165, 1.54) is 0 Å². The van der Waals surface area contributed by atoms with Crippen LogP contribution >= 0.6 is 0 Å². The van der Waals surface area contributed by atoms with E-state index in [1.54, 1.807) is 0 Å². The third kappa shape index (κ3) is 2.52. The molecule has 1 aromatic rings. The summed E-state index contributed by atoms with van der Waals surface area (Å²) in [5.41, 5.74) is -0.446. The maximum atomic E-state index is 13.8. The highest BCUT2D eigenvalue weighted by atomic mass is 19.1. The molecule has 0 aromatic heterocycles. The van der Waals surface area contributed by atoms with Gasteiger partial charge in [-0.25, -0.2) is 13.2 Å². The van der Waals surface area contributed by atoms with Crippen molar-refractivity contribution >= 4 is 11.6 Å². The van der Waals surface area contributed by atoms with Crippen molar-refractivity contribution < 1.29 is 18.0 Å². The molecular formula is C14H15F3N2O. The fourth-order valence-corrected chi connectivity index (χ4v) is 2.58. The lowest BCUT2D eigenvalue weighted by atomic mass is 10.0. The molecule has 1 saturated heterocycles. The Hall–Kier alpha value is -1.56. The monoisotopic (exact) mass is 284 g/mol. The molecule has 1 saturated carbocycles. The smallest absolute Gasteiger partial charge is 0.244 e. The van der Waals surface area contributed by atoms with Gasteiger partial charge >= 0.3 is 0 Å². The van der Waals surface area contributed by atoms with E-state index in [1.807, 2.05) is 0 Å². The Balaban J connectivity index is 1.86. The molecule has 6 heteroatoms. The minimum absolute atomic E-state index is 0.251. The molecule has 0 spiro atoms. The number of piperidine rings is 1. The third-order valence-electron chi connectivity index (χ3n) is 3.70. The van der Waals surface area contributed by atoms with E-state index in [4.69, 9.17) is 0 Å². The molecule has 3 rings (SSSR count). The lowest BCUT2D eigenvalue weighted by Gasteiger charge is -2.33. The van der Waals surface area contributed by atoms with E-state index < -0.39 is 29.2 Å². The average molecular weight is 284 g/mol. The summed E-state index contributed by atoms with van der Waals surface area (Å²) < 4.78 is 40.5. The fourth-order valence-electron chi connectivity index (χ4n) is 2.58. The SMILES string of the molecule is O=C1C(NC2CC2)CCCN1c1c(F)cc(F)cc1F. The van der Waals surface area contributed by atoms with E-state index in [0.29, 0.717) is 31.0 Å². The minimum atomic E-state index is -1.04. The van der Waals surface area contributed by atoms with Crippen LogP contribution in [0.4, 0.5) is 18.9 Å². The summed E-state index contributed by atoms with van der Waals surface area (Å²) in [6.45, 7) is 0.251. The topological polar surface area (TPSA) is 32.3 Å². The summed E-state index contributed by atoms with van der Waals surface area (Å²) in [6, 6.07) is 1.14. The number of carbonyl (C=O) groups is 1. The Morgan fingerprint density at radius 1 is 1.10 bits per heavy atom. The maximum absolute atomic E-state index is 13.8. The number of nitrogens with one attached hydrogen (secondary N) is 1. The lowest BCUT2D eigenvalue weighted by Crippen LogP contribution is -2.52. The number of hydrogen-bond acceptors (Lipinski definition) is 2. The molecular weight excluding hydrogens is 269 g/mol. The van der Waals surface area contributed by atoms with Crippen LogP contribution in [0.2, 0.25) is 0 Å². The number of hydrogen-bond donors (Lipinski definition) is 1. The van der Waals surface area contributed by atoms with Gasteiger partial charge in [0.1, 0.15) is 11.5 Å². The zero-order valence-corrected chi connectivity index (χ0v) is 10.8. The zero-order chi connectivity index (χ0) is 14.3. The van der Waals surface area contributed by atoms with Crippen LogP contribution < -0.4 is 10.2 Å². The zero-order valence-electron chi connectivity index (χ0n) is 10.8. The Morgan fingerprint density at radius 2 is 1.75 bits per heavy atom. The molecule has 20 heavy (non-hydrogen) atoms. The van der Waals surface area contributed by atoms with E-state index in [0.717, 1.165) is 17.7 Å². The number of nitrogens with zero attached hydrogens (tertiary/aromatic N) is 1. The maximum Gasteiger partial charge on any atom is 0.244 e. The van der Waals surface area contributed by atoms with Crippen molar-refractivity contribution in [3.05, 3.63) is 29.6 Å². The molecule has 2 fully saturated rings. The third-order valence-corrected chi connectivity index (χ3v) is 3.70. The highest BCUT2D eigenvalue weighted by molar-refractivity contribution is 5.98. The first-order chi connectivity index (χ1) is 9.56. The van der Waals surface area contributed by atoms with E-state index in [2.05, 4.69) is 5.32 Å². The molecule has 0 bridgehead atoms. The predicted molar refractivity (Wildman–Crippen MR) is 67.8 cm³/mol. The van der Waals surface area contributed by atoms with Gasteiger partial charge in [0.2, 0.25) is 5.91 Å². The molecule has 2 aliphatic rings. The standard InChI is InChI=1S/C14H15F3N2O/c15-8-6-10(16)13(11(17)7-8)19-5-1-2-12(14(19)20)18-9-3-4-9/h6-7,9,12,18H,1-5H2. The van der Waals surface area contributed by atoms with Crippen molar-refractivity contribution in [2.75, 3.05) is 11.4 Å². The van der Waals surface area contributed by atoms with Gasteiger partial charge in [-0.1, -0.05) is 0 Å². The van der Waals surface area contributed by atoms with E-state index in [9.17, 15) is 18.0 Å². The van der Waals surface area contributed by atoms with Crippen LogP contribution in [0, 0.1) is 17.5 Å². The van der Waals surface area contributed by atoms with Gasteiger partial charge in [-0.3, -0.25) is 4.79 Å². The molecule has 1 aliphatic carbocycles. The van der Waals surface area contributed by atoms with E-state index >= 15 is 0 Å². The van der Waals surface area contributed by atoms with Crippen molar-refractivity contribution in [3.63, 3.8) is 0 Å². The quantitative estimate of drug-likeness (QED) is 0.924. The molecule has 1 amide bonds. The largest absolute Gasteiger partial charge is 0.306 e. The minimum Gasteiger partial charge on any atom is -0.306 e. The Morgan fingerprint density at radius 3 is 2.35 bits per heavy atom. The van der Waals surface area contributed by atoms with Crippen LogP contribution in [-0.2, 0) is 4.79 Å². The molecule has 1 heterocycles. The van der Waals surface area contributed by atoms with Gasteiger partial charge in [-0.05, 0) is 25.7 Å². The molecule has 108 valence electrons. The molecule has 3 nitrogen and oxygen atoms in total. The van der Waals surface area contributed by atoms with Crippen molar-refractivity contribution in [1.82, 2.24) is 5.32 Å². The van der Waals surface area contributed by atoms with Gasteiger partial charge < -0.3 is 10.2 Å².